The zero-order valence-corrected chi connectivity index (χ0v) is 15.3. The molecule has 1 heterocycles. The number of hydrogen-bond acceptors (Lipinski definition) is 3. The number of benzene rings is 2. The molecule has 0 saturated heterocycles. The van der Waals surface area contributed by atoms with Crippen molar-refractivity contribution in [1.82, 2.24) is 10.3 Å². The van der Waals surface area contributed by atoms with Gasteiger partial charge in [0.1, 0.15) is 11.4 Å². The number of carbonyl (C=O) groups is 2. The first kappa shape index (κ1) is 20.2. The van der Waals surface area contributed by atoms with Crippen LogP contribution in [0, 0.1) is 0 Å². The van der Waals surface area contributed by atoms with Gasteiger partial charge in [-0.05, 0) is 35.9 Å². The lowest BCUT2D eigenvalue weighted by molar-refractivity contribution is -0.137. The smallest absolute Gasteiger partial charge is 0.416 e. The van der Waals surface area contributed by atoms with E-state index in [1.54, 1.807) is 24.3 Å². The van der Waals surface area contributed by atoms with Gasteiger partial charge in [-0.3, -0.25) is 9.59 Å². The normalized spacial score (nSPS) is 11.2. The van der Waals surface area contributed by atoms with Crippen LogP contribution in [0.5, 0.6) is 5.75 Å². The van der Waals surface area contributed by atoms with Gasteiger partial charge in [-0.25, -0.2) is 0 Å². The Morgan fingerprint density at radius 2 is 1.79 bits per heavy atom. The average Bonchev–Trinajstić information content (AvgIpc) is 3.21. The third kappa shape index (κ3) is 4.84. The predicted molar refractivity (Wildman–Crippen MR) is 99.8 cm³/mol. The Kier molecular flexibility index (Phi) is 5.72. The molecule has 150 valence electrons. The van der Waals surface area contributed by atoms with Crippen LogP contribution in [0.4, 0.5) is 13.2 Å². The Morgan fingerprint density at radius 3 is 2.52 bits per heavy atom. The van der Waals surface area contributed by atoms with Gasteiger partial charge < -0.3 is 15.0 Å². The number of amides is 1. The van der Waals surface area contributed by atoms with Crippen LogP contribution in [-0.4, -0.2) is 23.8 Å². The van der Waals surface area contributed by atoms with Crippen molar-refractivity contribution >= 4 is 11.7 Å². The maximum absolute atomic E-state index is 12.8. The summed E-state index contributed by atoms with van der Waals surface area (Å²) in [6, 6.07) is 12.7. The summed E-state index contributed by atoms with van der Waals surface area (Å²) in [6.07, 6.45) is -3.05. The summed E-state index contributed by atoms with van der Waals surface area (Å²) in [5.74, 6) is -0.297. The van der Waals surface area contributed by atoms with Gasteiger partial charge in [0.2, 0.25) is 0 Å². The van der Waals surface area contributed by atoms with Gasteiger partial charge in [0.15, 0.2) is 5.78 Å². The van der Waals surface area contributed by atoms with Gasteiger partial charge >= 0.3 is 6.18 Å². The number of aromatic nitrogens is 1. The molecule has 3 rings (SSSR count). The van der Waals surface area contributed by atoms with E-state index in [1.165, 1.54) is 31.5 Å². The number of aromatic amines is 1. The molecule has 1 aromatic heterocycles. The summed E-state index contributed by atoms with van der Waals surface area (Å²) >= 11 is 0. The van der Waals surface area contributed by atoms with Gasteiger partial charge in [0.25, 0.3) is 5.91 Å². The Balaban J connectivity index is 1.67. The highest BCUT2D eigenvalue weighted by atomic mass is 19.4. The predicted octanol–water partition coefficient (Wildman–Crippen LogP) is 4.20. The summed E-state index contributed by atoms with van der Waals surface area (Å²) in [7, 11) is 1.49. The van der Waals surface area contributed by atoms with Crippen LogP contribution in [0.2, 0.25) is 0 Å². The number of methoxy groups -OCH3 is 1. The second kappa shape index (κ2) is 8.22. The van der Waals surface area contributed by atoms with Crippen molar-refractivity contribution in [2.24, 2.45) is 0 Å². The van der Waals surface area contributed by atoms with E-state index < -0.39 is 17.6 Å². The van der Waals surface area contributed by atoms with Crippen LogP contribution in [0.3, 0.4) is 0 Å². The van der Waals surface area contributed by atoms with E-state index in [1.807, 2.05) is 0 Å². The highest BCUT2D eigenvalue weighted by Crippen LogP contribution is 2.29. The largest absolute Gasteiger partial charge is 0.497 e. The molecule has 0 aliphatic rings. The van der Waals surface area contributed by atoms with Crippen molar-refractivity contribution < 1.29 is 27.5 Å². The average molecular weight is 402 g/mol. The van der Waals surface area contributed by atoms with Crippen LogP contribution in [-0.2, 0) is 12.7 Å². The molecule has 8 heteroatoms. The van der Waals surface area contributed by atoms with Crippen molar-refractivity contribution in [3.05, 3.63) is 88.7 Å². The van der Waals surface area contributed by atoms with E-state index in [2.05, 4.69) is 10.3 Å². The number of H-pyrrole nitrogens is 1. The van der Waals surface area contributed by atoms with Crippen LogP contribution < -0.4 is 10.1 Å². The topological polar surface area (TPSA) is 71.2 Å². The van der Waals surface area contributed by atoms with Crippen molar-refractivity contribution in [2.75, 3.05) is 7.11 Å². The van der Waals surface area contributed by atoms with Crippen molar-refractivity contribution in [3.8, 4) is 5.75 Å². The van der Waals surface area contributed by atoms with Gasteiger partial charge in [0, 0.05) is 23.9 Å². The van der Waals surface area contributed by atoms with E-state index in [4.69, 9.17) is 4.74 Å². The second-order valence-corrected chi connectivity index (χ2v) is 6.24. The molecule has 0 saturated carbocycles. The SMILES string of the molecule is COc1cccc(C(=O)c2c[nH]c(C(=O)NCc3cccc(C(F)(F)F)c3)c2)c1. The molecular formula is C21H17F3N2O3. The number of carbonyl (C=O) groups excluding carboxylic acids is 2. The zero-order chi connectivity index (χ0) is 21.0. The summed E-state index contributed by atoms with van der Waals surface area (Å²) in [4.78, 5) is 27.5. The van der Waals surface area contributed by atoms with Gasteiger partial charge in [0.05, 0.1) is 12.7 Å². The summed E-state index contributed by atoms with van der Waals surface area (Å²) in [6.45, 7) is -0.0824. The maximum Gasteiger partial charge on any atom is 0.416 e. The molecule has 5 nitrogen and oxygen atoms in total. The minimum atomic E-state index is -4.45. The van der Waals surface area contributed by atoms with Crippen LogP contribution in [0.25, 0.3) is 0 Å². The van der Waals surface area contributed by atoms with E-state index in [-0.39, 0.29) is 23.6 Å². The van der Waals surface area contributed by atoms with Crippen molar-refractivity contribution in [2.45, 2.75) is 12.7 Å². The van der Waals surface area contributed by atoms with Gasteiger partial charge in [-0.1, -0.05) is 24.3 Å². The van der Waals surface area contributed by atoms with Gasteiger partial charge in [-0.15, -0.1) is 0 Å². The molecule has 2 N–H and O–H groups in total. The summed E-state index contributed by atoms with van der Waals surface area (Å²) in [5, 5.41) is 2.54. The van der Waals surface area contributed by atoms with Gasteiger partial charge in [-0.2, -0.15) is 13.2 Å². The van der Waals surface area contributed by atoms with E-state index in [0.717, 1.165) is 12.1 Å². The molecule has 2 aromatic carbocycles. The molecule has 0 spiro atoms. The quantitative estimate of drug-likeness (QED) is 0.607. The minimum Gasteiger partial charge on any atom is -0.497 e. The lowest BCUT2D eigenvalue weighted by atomic mass is 10.1. The highest BCUT2D eigenvalue weighted by Gasteiger charge is 2.30. The number of ether oxygens (including phenoxy) is 1. The monoisotopic (exact) mass is 402 g/mol. The Bertz CT molecular complexity index is 1040. The fourth-order valence-electron chi connectivity index (χ4n) is 2.72. The summed E-state index contributed by atoms with van der Waals surface area (Å²) < 4.78 is 43.4. The Hall–Kier alpha value is -3.55. The van der Waals surface area contributed by atoms with Crippen LogP contribution >= 0.6 is 0 Å². The number of nitrogens with one attached hydrogen (secondary N) is 2. The van der Waals surface area contributed by atoms with Crippen molar-refractivity contribution in [1.29, 1.82) is 0 Å². The molecule has 0 aliphatic carbocycles. The Morgan fingerprint density at radius 1 is 1.03 bits per heavy atom. The molecular weight excluding hydrogens is 385 g/mol. The van der Waals surface area contributed by atoms with E-state index >= 15 is 0 Å². The molecule has 0 atom stereocenters. The molecule has 3 aromatic rings. The van der Waals surface area contributed by atoms with E-state index in [9.17, 15) is 22.8 Å². The number of hydrogen-bond donors (Lipinski definition) is 2. The fourth-order valence-corrected chi connectivity index (χ4v) is 2.72. The second-order valence-electron chi connectivity index (χ2n) is 6.24. The number of rotatable bonds is 6. The maximum atomic E-state index is 12.8. The Labute approximate surface area is 164 Å². The highest BCUT2D eigenvalue weighted by molar-refractivity contribution is 6.10. The number of alkyl halides is 3. The zero-order valence-electron chi connectivity index (χ0n) is 15.3. The van der Waals surface area contributed by atoms with E-state index in [0.29, 0.717) is 16.9 Å². The molecule has 0 radical (unpaired) electrons. The number of ketones is 1. The molecule has 29 heavy (non-hydrogen) atoms. The minimum absolute atomic E-state index is 0.0824. The standard InChI is InChI=1S/C21H17F3N2O3/c1-29-17-7-3-5-14(9-17)19(27)15-10-18(25-12-15)20(28)26-11-13-4-2-6-16(8-13)21(22,23)24/h2-10,12,25H,11H2,1H3,(H,26,28). The first-order valence-electron chi connectivity index (χ1n) is 8.59. The number of halogens is 3. The van der Waals surface area contributed by atoms with Crippen molar-refractivity contribution in [3.63, 3.8) is 0 Å². The summed E-state index contributed by atoms with van der Waals surface area (Å²) in [5.41, 5.74) is 0.340. The first-order valence-corrected chi connectivity index (χ1v) is 8.59. The lowest BCUT2D eigenvalue weighted by Gasteiger charge is -2.09. The van der Waals surface area contributed by atoms with Crippen LogP contribution in [0.1, 0.15) is 37.5 Å². The molecule has 0 aliphatic heterocycles. The third-order valence-corrected chi connectivity index (χ3v) is 4.23. The van der Waals surface area contributed by atoms with Crippen LogP contribution in [0.15, 0.2) is 60.8 Å². The molecule has 0 fully saturated rings. The fraction of sp³-hybridized carbons (Fsp3) is 0.143. The molecule has 1 amide bonds. The molecule has 0 unspecified atom stereocenters. The third-order valence-electron chi connectivity index (χ3n) is 4.23. The first-order chi connectivity index (χ1) is 13.8. The molecule has 0 bridgehead atoms. The lowest BCUT2D eigenvalue weighted by Crippen LogP contribution is -2.23.